The Morgan fingerprint density at radius 2 is 2.12 bits per heavy atom. The number of carbonyl (C=O) groups is 2. The first kappa shape index (κ1) is 13.0. The lowest BCUT2D eigenvalue weighted by atomic mass is 10.3. The normalized spacial score (nSPS) is 10.3. The van der Waals surface area contributed by atoms with Gasteiger partial charge in [-0.2, -0.15) is 0 Å². The van der Waals surface area contributed by atoms with Crippen molar-refractivity contribution in [3.05, 3.63) is 34.2 Å². The standard InChI is InChI=1S/C11H14N2O4/c1-7(2)12-10(15)6-13-4-3-9(14)8(5-13)11(16)17/h3-5,7H,6H2,1-2H3,(H,12,15)(H,16,17). The Labute approximate surface area is 97.9 Å². The lowest BCUT2D eigenvalue weighted by Gasteiger charge is -2.10. The maximum absolute atomic E-state index is 11.4. The number of carboxylic acid groups (broad SMARTS) is 1. The van der Waals surface area contributed by atoms with E-state index in [2.05, 4.69) is 5.32 Å². The number of amides is 1. The molecule has 1 aromatic heterocycles. The Morgan fingerprint density at radius 1 is 1.47 bits per heavy atom. The van der Waals surface area contributed by atoms with E-state index in [1.807, 2.05) is 13.8 Å². The third kappa shape index (κ3) is 3.75. The van der Waals surface area contributed by atoms with Gasteiger partial charge in [-0.15, -0.1) is 0 Å². The number of aromatic carboxylic acids is 1. The summed E-state index contributed by atoms with van der Waals surface area (Å²) in [6, 6.07) is 1.15. The molecule has 0 saturated heterocycles. The molecular formula is C11H14N2O4. The van der Waals surface area contributed by atoms with E-state index >= 15 is 0 Å². The molecule has 0 spiro atoms. The summed E-state index contributed by atoms with van der Waals surface area (Å²) in [4.78, 5) is 33.3. The number of carboxylic acids is 1. The quantitative estimate of drug-likeness (QED) is 0.777. The summed E-state index contributed by atoms with van der Waals surface area (Å²) >= 11 is 0. The fourth-order valence-electron chi connectivity index (χ4n) is 1.32. The van der Waals surface area contributed by atoms with Gasteiger partial charge in [-0.1, -0.05) is 0 Å². The van der Waals surface area contributed by atoms with E-state index in [0.717, 1.165) is 12.3 Å². The maximum Gasteiger partial charge on any atom is 0.341 e. The van der Waals surface area contributed by atoms with Crippen molar-refractivity contribution in [3.63, 3.8) is 0 Å². The van der Waals surface area contributed by atoms with Crippen molar-refractivity contribution >= 4 is 11.9 Å². The highest BCUT2D eigenvalue weighted by atomic mass is 16.4. The van der Waals surface area contributed by atoms with Crippen molar-refractivity contribution < 1.29 is 14.7 Å². The minimum absolute atomic E-state index is 0.0147. The number of carbonyl (C=O) groups excluding carboxylic acids is 1. The van der Waals surface area contributed by atoms with E-state index in [1.54, 1.807) is 0 Å². The number of rotatable bonds is 4. The molecule has 0 fully saturated rings. The van der Waals surface area contributed by atoms with Gasteiger partial charge < -0.3 is 15.0 Å². The zero-order valence-electron chi connectivity index (χ0n) is 9.64. The van der Waals surface area contributed by atoms with Gasteiger partial charge in [0.25, 0.3) is 0 Å². The molecule has 92 valence electrons. The largest absolute Gasteiger partial charge is 0.477 e. The van der Waals surface area contributed by atoms with Crippen LogP contribution in [0.5, 0.6) is 0 Å². The summed E-state index contributed by atoms with van der Waals surface area (Å²) in [5.74, 6) is -1.53. The minimum Gasteiger partial charge on any atom is -0.477 e. The zero-order chi connectivity index (χ0) is 13.0. The average Bonchev–Trinajstić information content (AvgIpc) is 2.19. The van der Waals surface area contributed by atoms with Gasteiger partial charge >= 0.3 is 5.97 Å². The van der Waals surface area contributed by atoms with Crippen LogP contribution in [0.25, 0.3) is 0 Å². The van der Waals surface area contributed by atoms with Gasteiger partial charge in [-0.25, -0.2) is 4.79 Å². The first-order chi connectivity index (χ1) is 7.90. The maximum atomic E-state index is 11.4. The van der Waals surface area contributed by atoms with E-state index in [0.29, 0.717) is 0 Å². The molecule has 1 rings (SSSR count). The Kier molecular flexibility index (Phi) is 4.03. The Balaban J connectivity index is 2.86. The number of hydrogen-bond acceptors (Lipinski definition) is 3. The SMILES string of the molecule is CC(C)NC(=O)Cn1ccc(=O)c(C(=O)O)c1. The Hall–Kier alpha value is -2.11. The van der Waals surface area contributed by atoms with E-state index in [1.165, 1.54) is 10.8 Å². The lowest BCUT2D eigenvalue weighted by Crippen LogP contribution is -2.33. The van der Waals surface area contributed by atoms with Crippen LogP contribution in [0.15, 0.2) is 23.3 Å². The third-order valence-corrected chi connectivity index (χ3v) is 1.98. The van der Waals surface area contributed by atoms with Crippen LogP contribution in [0.4, 0.5) is 0 Å². The highest BCUT2D eigenvalue weighted by Crippen LogP contribution is 1.93. The van der Waals surface area contributed by atoms with Gasteiger partial charge in [-0.3, -0.25) is 9.59 Å². The van der Waals surface area contributed by atoms with Crippen LogP contribution in [0, 0.1) is 0 Å². The number of aromatic nitrogens is 1. The summed E-state index contributed by atoms with van der Waals surface area (Å²) in [5.41, 5.74) is -0.914. The van der Waals surface area contributed by atoms with E-state index in [9.17, 15) is 14.4 Å². The van der Waals surface area contributed by atoms with Gasteiger partial charge in [0.05, 0.1) is 0 Å². The molecule has 6 heteroatoms. The zero-order valence-corrected chi connectivity index (χ0v) is 9.64. The molecule has 1 aromatic rings. The molecule has 0 bridgehead atoms. The van der Waals surface area contributed by atoms with Crippen LogP contribution >= 0.6 is 0 Å². The predicted octanol–water partition coefficient (Wildman–Crippen LogP) is 0.0711. The van der Waals surface area contributed by atoms with Crippen molar-refractivity contribution in [2.45, 2.75) is 26.4 Å². The van der Waals surface area contributed by atoms with Crippen molar-refractivity contribution in [1.29, 1.82) is 0 Å². The predicted molar refractivity (Wildman–Crippen MR) is 60.9 cm³/mol. The number of hydrogen-bond donors (Lipinski definition) is 2. The Morgan fingerprint density at radius 3 is 2.65 bits per heavy atom. The van der Waals surface area contributed by atoms with Crippen LogP contribution < -0.4 is 10.7 Å². The molecule has 0 aromatic carbocycles. The third-order valence-electron chi connectivity index (χ3n) is 1.98. The van der Waals surface area contributed by atoms with Crippen LogP contribution in [0.3, 0.4) is 0 Å². The fraction of sp³-hybridized carbons (Fsp3) is 0.364. The van der Waals surface area contributed by atoms with E-state index < -0.39 is 11.4 Å². The monoisotopic (exact) mass is 238 g/mol. The summed E-state index contributed by atoms with van der Waals surface area (Å²) in [7, 11) is 0. The van der Waals surface area contributed by atoms with Gasteiger partial charge in [0.1, 0.15) is 12.1 Å². The van der Waals surface area contributed by atoms with Crippen molar-refractivity contribution in [3.8, 4) is 0 Å². The molecule has 17 heavy (non-hydrogen) atoms. The Bertz CT molecular complexity index is 490. The average molecular weight is 238 g/mol. The molecule has 1 amide bonds. The molecule has 0 aliphatic heterocycles. The van der Waals surface area contributed by atoms with Crippen molar-refractivity contribution in [2.24, 2.45) is 0 Å². The molecule has 0 radical (unpaired) electrons. The van der Waals surface area contributed by atoms with Crippen molar-refractivity contribution in [2.75, 3.05) is 0 Å². The van der Waals surface area contributed by atoms with Crippen LogP contribution in [0.2, 0.25) is 0 Å². The summed E-state index contributed by atoms with van der Waals surface area (Å²) in [5, 5.41) is 11.4. The van der Waals surface area contributed by atoms with Gasteiger partial charge in [0, 0.05) is 24.5 Å². The smallest absolute Gasteiger partial charge is 0.341 e. The van der Waals surface area contributed by atoms with Gasteiger partial charge in [0.15, 0.2) is 5.43 Å². The molecule has 2 N–H and O–H groups in total. The first-order valence-corrected chi connectivity index (χ1v) is 5.13. The number of pyridine rings is 1. The molecule has 0 unspecified atom stereocenters. The van der Waals surface area contributed by atoms with E-state index in [4.69, 9.17) is 5.11 Å². The molecule has 0 aliphatic carbocycles. The molecule has 6 nitrogen and oxygen atoms in total. The molecule has 1 heterocycles. The van der Waals surface area contributed by atoms with Crippen molar-refractivity contribution in [1.82, 2.24) is 9.88 Å². The molecule has 0 atom stereocenters. The van der Waals surface area contributed by atoms with Crippen LogP contribution in [-0.2, 0) is 11.3 Å². The highest BCUT2D eigenvalue weighted by molar-refractivity contribution is 5.87. The first-order valence-electron chi connectivity index (χ1n) is 5.13. The van der Waals surface area contributed by atoms with Gasteiger partial charge in [0.2, 0.25) is 5.91 Å². The van der Waals surface area contributed by atoms with Gasteiger partial charge in [-0.05, 0) is 13.8 Å². The lowest BCUT2D eigenvalue weighted by molar-refractivity contribution is -0.122. The van der Waals surface area contributed by atoms with Crippen LogP contribution in [-0.4, -0.2) is 27.6 Å². The topological polar surface area (TPSA) is 88.4 Å². The highest BCUT2D eigenvalue weighted by Gasteiger charge is 2.10. The fourth-order valence-corrected chi connectivity index (χ4v) is 1.32. The van der Waals surface area contributed by atoms with Crippen LogP contribution in [0.1, 0.15) is 24.2 Å². The second-order valence-corrected chi connectivity index (χ2v) is 3.92. The number of nitrogens with zero attached hydrogens (tertiary/aromatic N) is 1. The van der Waals surface area contributed by atoms with E-state index in [-0.39, 0.29) is 24.1 Å². The summed E-state index contributed by atoms with van der Waals surface area (Å²) < 4.78 is 1.36. The second kappa shape index (κ2) is 5.29. The molecule has 0 aliphatic rings. The summed E-state index contributed by atoms with van der Waals surface area (Å²) in [6.45, 7) is 3.64. The summed E-state index contributed by atoms with van der Waals surface area (Å²) in [6.07, 6.45) is 2.54. The number of nitrogens with one attached hydrogen (secondary N) is 1. The molecular weight excluding hydrogens is 224 g/mol. The second-order valence-electron chi connectivity index (χ2n) is 3.92. The minimum atomic E-state index is -1.30. The molecule has 0 saturated carbocycles.